The summed E-state index contributed by atoms with van der Waals surface area (Å²) < 4.78 is 54.7. The van der Waals surface area contributed by atoms with Crippen molar-refractivity contribution in [1.29, 1.82) is 5.26 Å². The first kappa shape index (κ1) is 23.6. The van der Waals surface area contributed by atoms with E-state index in [-0.39, 0.29) is 22.8 Å². The quantitative estimate of drug-likeness (QED) is 0.580. The van der Waals surface area contributed by atoms with Crippen molar-refractivity contribution in [2.75, 3.05) is 25.2 Å². The molecule has 8 nitrogen and oxygen atoms in total. The predicted molar refractivity (Wildman–Crippen MR) is 118 cm³/mol. The maximum atomic E-state index is 14.9. The number of fused-ring (bicyclic) bond motifs is 1. The monoisotopic (exact) mass is 462 g/mol. The Bertz CT molecular complexity index is 1310. The number of rotatable bonds is 6. The third kappa shape index (κ3) is 4.71. The van der Waals surface area contributed by atoms with Gasteiger partial charge in [-0.25, -0.2) is 31.5 Å². The van der Waals surface area contributed by atoms with Gasteiger partial charge in [0.2, 0.25) is 10.0 Å². The molecule has 0 spiro atoms. The van der Waals surface area contributed by atoms with Crippen LogP contribution in [0.2, 0.25) is 0 Å². The van der Waals surface area contributed by atoms with Crippen molar-refractivity contribution in [3.63, 3.8) is 0 Å². The number of pyridine rings is 2. The SMILES string of the molecule is CN(C)S(=O)(=O)CC(Nc1nc(-c2c[nH]c3ncc(F)cc23)c(C#N)cc1F)C(C)(C)C. The van der Waals surface area contributed by atoms with Crippen LogP contribution in [0.1, 0.15) is 26.3 Å². The molecule has 0 aliphatic carbocycles. The van der Waals surface area contributed by atoms with Crippen molar-refractivity contribution in [3.05, 3.63) is 41.7 Å². The lowest BCUT2D eigenvalue weighted by Crippen LogP contribution is -2.43. The lowest BCUT2D eigenvalue weighted by atomic mass is 9.88. The maximum absolute atomic E-state index is 14.9. The summed E-state index contributed by atoms with van der Waals surface area (Å²) in [5.74, 6) is -1.86. The van der Waals surface area contributed by atoms with E-state index in [1.54, 1.807) is 0 Å². The van der Waals surface area contributed by atoms with Crippen LogP contribution >= 0.6 is 0 Å². The zero-order valence-electron chi connectivity index (χ0n) is 18.4. The van der Waals surface area contributed by atoms with Gasteiger partial charge in [-0.2, -0.15) is 5.26 Å². The molecule has 170 valence electrons. The molecule has 0 amide bonds. The lowest BCUT2D eigenvalue weighted by molar-refractivity contribution is 0.354. The van der Waals surface area contributed by atoms with Crippen LogP contribution in [0.25, 0.3) is 22.3 Å². The zero-order chi connectivity index (χ0) is 23.8. The number of hydrogen-bond acceptors (Lipinski definition) is 6. The molecule has 3 rings (SSSR count). The lowest BCUT2D eigenvalue weighted by Gasteiger charge is -2.32. The number of nitrogens with one attached hydrogen (secondary N) is 2. The van der Waals surface area contributed by atoms with Crippen LogP contribution in [0.15, 0.2) is 24.5 Å². The number of aromatic amines is 1. The smallest absolute Gasteiger partial charge is 0.215 e. The summed E-state index contributed by atoms with van der Waals surface area (Å²) in [7, 11) is -0.743. The summed E-state index contributed by atoms with van der Waals surface area (Å²) in [6.07, 6.45) is 2.57. The van der Waals surface area contributed by atoms with Gasteiger partial charge in [0.05, 0.1) is 23.2 Å². The maximum Gasteiger partial charge on any atom is 0.215 e. The molecular formula is C21H24F2N6O2S. The van der Waals surface area contributed by atoms with Crippen LogP contribution in [0.5, 0.6) is 0 Å². The molecule has 11 heteroatoms. The number of nitriles is 1. The molecule has 3 aromatic heterocycles. The van der Waals surface area contributed by atoms with Gasteiger partial charge in [-0.05, 0) is 17.5 Å². The van der Waals surface area contributed by atoms with E-state index in [1.807, 2.05) is 26.8 Å². The molecule has 2 N–H and O–H groups in total. The molecule has 0 aromatic carbocycles. The van der Waals surface area contributed by atoms with Gasteiger partial charge in [0.25, 0.3) is 0 Å². The molecule has 0 saturated carbocycles. The minimum Gasteiger partial charge on any atom is -0.363 e. The van der Waals surface area contributed by atoms with Crippen molar-refractivity contribution < 1.29 is 17.2 Å². The summed E-state index contributed by atoms with van der Waals surface area (Å²) >= 11 is 0. The Labute approximate surface area is 185 Å². The van der Waals surface area contributed by atoms with Gasteiger partial charge in [0.15, 0.2) is 11.6 Å². The number of H-pyrrole nitrogens is 1. The Balaban J connectivity index is 2.11. The molecule has 0 fully saturated rings. The summed E-state index contributed by atoms with van der Waals surface area (Å²) in [6.45, 7) is 5.48. The predicted octanol–water partition coefficient (Wildman–Crippen LogP) is 3.49. The fraction of sp³-hybridized carbons (Fsp3) is 0.381. The molecular weight excluding hydrogens is 438 g/mol. The number of anilines is 1. The molecule has 0 bridgehead atoms. The van der Waals surface area contributed by atoms with Gasteiger partial charge in [-0.3, -0.25) is 0 Å². The van der Waals surface area contributed by atoms with Gasteiger partial charge in [-0.15, -0.1) is 0 Å². The Morgan fingerprint density at radius 1 is 1.28 bits per heavy atom. The number of halogens is 2. The second-order valence-corrected chi connectivity index (χ2v) is 10.9. The molecule has 0 aliphatic heterocycles. The highest BCUT2D eigenvalue weighted by molar-refractivity contribution is 7.89. The third-order valence-corrected chi connectivity index (χ3v) is 7.01. The number of aromatic nitrogens is 3. The van der Waals surface area contributed by atoms with Crippen molar-refractivity contribution >= 4 is 26.9 Å². The highest BCUT2D eigenvalue weighted by atomic mass is 32.2. The molecule has 0 radical (unpaired) electrons. The molecule has 3 heterocycles. The van der Waals surface area contributed by atoms with E-state index in [2.05, 4.69) is 20.3 Å². The van der Waals surface area contributed by atoms with Crippen molar-refractivity contribution in [1.82, 2.24) is 19.3 Å². The molecule has 0 aliphatic rings. The third-order valence-electron chi connectivity index (χ3n) is 5.14. The molecule has 1 unspecified atom stereocenters. The van der Waals surface area contributed by atoms with Crippen molar-refractivity contribution in [2.45, 2.75) is 26.8 Å². The molecule has 3 aromatic rings. The van der Waals surface area contributed by atoms with Gasteiger partial charge >= 0.3 is 0 Å². The summed E-state index contributed by atoms with van der Waals surface area (Å²) in [5.41, 5.74) is 0.263. The fourth-order valence-corrected chi connectivity index (χ4v) is 4.39. The molecule has 0 saturated heterocycles. The number of hydrogen-bond donors (Lipinski definition) is 2. The average molecular weight is 463 g/mol. The molecule has 1 atom stereocenters. The average Bonchev–Trinajstić information content (AvgIpc) is 3.10. The fourth-order valence-electron chi connectivity index (χ4n) is 3.09. The van der Waals surface area contributed by atoms with Gasteiger partial charge in [0.1, 0.15) is 17.5 Å². The Morgan fingerprint density at radius 3 is 2.56 bits per heavy atom. The van der Waals surface area contributed by atoms with E-state index < -0.39 is 33.1 Å². The second-order valence-electron chi connectivity index (χ2n) is 8.70. The normalized spacial score (nSPS) is 13.3. The van der Waals surface area contributed by atoms with Gasteiger partial charge < -0.3 is 10.3 Å². The van der Waals surface area contributed by atoms with E-state index >= 15 is 0 Å². The van der Waals surface area contributed by atoms with Gasteiger partial charge in [-0.1, -0.05) is 20.8 Å². The Morgan fingerprint density at radius 2 is 1.97 bits per heavy atom. The first-order valence-electron chi connectivity index (χ1n) is 9.74. The highest BCUT2D eigenvalue weighted by Gasteiger charge is 2.32. The van der Waals surface area contributed by atoms with E-state index in [0.717, 1.165) is 16.6 Å². The van der Waals surface area contributed by atoms with E-state index in [0.29, 0.717) is 16.6 Å². The topological polar surface area (TPSA) is 115 Å². The highest BCUT2D eigenvalue weighted by Crippen LogP contribution is 2.32. The van der Waals surface area contributed by atoms with Crippen LogP contribution in [-0.2, 0) is 10.0 Å². The van der Waals surface area contributed by atoms with E-state index in [4.69, 9.17) is 0 Å². The summed E-state index contributed by atoms with van der Waals surface area (Å²) in [4.78, 5) is 11.1. The van der Waals surface area contributed by atoms with Crippen LogP contribution in [-0.4, -0.2) is 53.6 Å². The van der Waals surface area contributed by atoms with Crippen LogP contribution in [0.4, 0.5) is 14.6 Å². The van der Waals surface area contributed by atoms with Crippen molar-refractivity contribution in [2.24, 2.45) is 5.41 Å². The minimum absolute atomic E-state index is 0.0496. The Hall–Kier alpha value is -3.10. The number of nitrogens with zero attached hydrogens (tertiary/aromatic N) is 4. The Kier molecular flexibility index (Phi) is 6.22. The first-order chi connectivity index (χ1) is 14.8. The number of sulfonamides is 1. The van der Waals surface area contributed by atoms with E-state index in [9.17, 15) is 22.5 Å². The van der Waals surface area contributed by atoms with Crippen LogP contribution < -0.4 is 5.32 Å². The zero-order valence-corrected chi connectivity index (χ0v) is 19.2. The summed E-state index contributed by atoms with van der Waals surface area (Å²) in [6, 6.07) is 3.48. The largest absolute Gasteiger partial charge is 0.363 e. The first-order valence-corrected chi connectivity index (χ1v) is 11.3. The molecule has 32 heavy (non-hydrogen) atoms. The summed E-state index contributed by atoms with van der Waals surface area (Å²) in [5, 5.41) is 12.8. The van der Waals surface area contributed by atoms with Crippen LogP contribution in [0, 0.1) is 28.4 Å². The van der Waals surface area contributed by atoms with Crippen LogP contribution in [0.3, 0.4) is 0 Å². The van der Waals surface area contributed by atoms with Gasteiger partial charge in [0, 0.05) is 37.3 Å². The second kappa shape index (κ2) is 8.44. The van der Waals surface area contributed by atoms with Crippen molar-refractivity contribution in [3.8, 4) is 17.3 Å². The standard InChI is InChI=1S/C21H24F2N6O2S/c1-21(2,3)17(11-32(30,31)29(4)5)27-20-16(23)6-12(8-24)18(28-20)15-10-26-19-14(15)7-13(22)9-25-19/h6-7,9-10,17H,11H2,1-5H3,(H,25,26)(H,27,28). The van der Waals surface area contributed by atoms with E-state index in [1.165, 1.54) is 26.4 Å². The minimum atomic E-state index is -3.60.